The van der Waals surface area contributed by atoms with Crippen molar-refractivity contribution >= 4 is 11.8 Å². The molecule has 2 aliphatic rings. The van der Waals surface area contributed by atoms with Crippen molar-refractivity contribution in [2.45, 2.75) is 50.7 Å². The van der Waals surface area contributed by atoms with Crippen LogP contribution in [0.3, 0.4) is 0 Å². The number of nitrogens with one attached hydrogen (secondary N) is 2. The molecule has 0 aromatic carbocycles. The zero-order valence-electron chi connectivity index (χ0n) is 8.62. The van der Waals surface area contributed by atoms with Crippen molar-refractivity contribution in [3.05, 3.63) is 0 Å². The molecule has 1 saturated heterocycles. The van der Waals surface area contributed by atoms with Crippen LogP contribution < -0.4 is 10.8 Å². The highest BCUT2D eigenvalue weighted by Gasteiger charge is 2.28. The molecule has 0 aromatic rings. The molecule has 15 heavy (non-hydrogen) atoms. The van der Waals surface area contributed by atoms with E-state index in [0.29, 0.717) is 12.8 Å². The Morgan fingerprint density at radius 3 is 2.67 bits per heavy atom. The van der Waals surface area contributed by atoms with E-state index in [0.717, 1.165) is 12.8 Å². The van der Waals surface area contributed by atoms with Crippen molar-refractivity contribution in [2.24, 2.45) is 0 Å². The largest absolute Gasteiger partial charge is 0.344 e. The normalized spacial score (nSPS) is 26.7. The summed E-state index contributed by atoms with van der Waals surface area (Å²) in [6, 6.07) is -0.404. The lowest BCUT2D eigenvalue weighted by Gasteiger charge is -2.14. The van der Waals surface area contributed by atoms with E-state index in [1.54, 1.807) is 0 Å². The Hall–Kier alpha value is -1.10. The maximum atomic E-state index is 11.5. The lowest BCUT2D eigenvalue weighted by molar-refractivity contribution is -0.140. The average Bonchev–Trinajstić information content (AvgIpc) is 2.84. The van der Waals surface area contributed by atoms with Gasteiger partial charge < -0.3 is 5.32 Å². The first-order valence-electron chi connectivity index (χ1n) is 5.50. The van der Waals surface area contributed by atoms with E-state index in [2.05, 4.69) is 10.8 Å². The van der Waals surface area contributed by atoms with Gasteiger partial charge in [-0.3, -0.25) is 14.4 Å². The maximum absolute atomic E-state index is 11.5. The monoisotopic (exact) mass is 212 g/mol. The molecule has 5 nitrogen and oxygen atoms in total. The number of rotatable bonds is 3. The Morgan fingerprint density at radius 2 is 2.07 bits per heavy atom. The standard InChI is InChI=1S/C10H16N2O3/c13-9-6-5-8(11-9)10(14)12-15-7-3-1-2-4-7/h7-8H,1-6H2,(H,11,13)(H,12,14). The summed E-state index contributed by atoms with van der Waals surface area (Å²) < 4.78 is 0. The molecule has 2 rings (SSSR count). The summed E-state index contributed by atoms with van der Waals surface area (Å²) in [5, 5.41) is 2.60. The smallest absolute Gasteiger partial charge is 0.266 e. The summed E-state index contributed by atoms with van der Waals surface area (Å²) in [5.41, 5.74) is 2.43. The lowest BCUT2D eigenvalue weighted by atomic mass is 10.2. The second-order valence-electron chi connectivity index (χ2n) is 4.15. The zero-order chi connectivity index (χ0) is 10.7. The van der Waals surface area contributed by atoms with Crippen LogP contribution >= 0.6 is 0 Å². The van der Waals surface area contributed by atoms with Crippen molar-refractivity contribution in [2.75, 3.05) is 0 Å². The number of amides is 2. The summed E-state index contributed by atoms with van der Waals surface area (Å²) >= 11 is 0. The van der Waals surface area contributed by atoms with Crippen molar-refractivity contribution in [1.29, 1.82) is 0 Å². The Morgan fingerprint density at radius 1 is 1.33 bits per heavy atom. The topological polar surface area (TPSA) is 67.4 Å². The molecular weight excluding hydrogens is 196 g/mol. The van der Waals surface area contributed by atoms with Crippen LogP contribution in [0.4, 0.5) is 0 Å². The lowest BCUT2D eigenvalue weighted by Crippen LogP contribution is -2.42. The fraction of sp³-hybridized carbons (Fsp3) is 0.800. The van der Waals surface area contributed by atoms with Crippen molar-refractivity contribution < 1.29 is 14.4 Å². The minimum Gasteiger partial charge on any atom is -0.344 e. The molecular formula is C10H16N2O3. The van der Waals surface area contributed by atoms with Crippen LogP contribution in [-0.2, 0) is 14.4 Å². The van der Waals surface area contributed by atoms with Gasteiger partial charge in [-0.1, -0.05) is 12.8 Å². The number of carbonyl (C=O) groups is 2. The van der Waals surface area contributed by atoms with Crippen LogP contribution in [0, 0.1) is 0 Å². The van der Waals surface area contributed by atoms with Crippen LogP contribution in [0.2, 0.25) is 0 Å². The van der Waals surface area contributed by atoms with Gasteiger partial charge in [0.25, 0.3) is 5.91 Å². The van der Waals surface area contributed by atoms with Crippen molar-refractivity contribution in [1.82, 2.24) is 10.8 Å². The van der Waals surface area contributed by atoms with Gasteiger partial charge in [0.15, 0.2) is 0 Å². The average molecular weight is 212 g/mol. The third-order valence-electron chi connectivity index (χ3n) is 2.94. The van der Waals surface area contributed by atoms with Gasteiger partial charge in [-0.2, -0.15) is 0 Å². The fourth-order valence-corrected chi connectivity index (χ4v) is 2.03. The van der Waals surface area contributed by atoms with Gasteiger partial charge in [-0.25, -0.2) is 5.48 Å². The van der Waals surface area contributed by atoms with Crippen LogP contribution in [0.5, 0.6) is 0 Å². The van der Waals surface area contributed by atoms with Crippen LogP contribution in [0.1, 0.15) is 38.5 Å². The van der Waals surface area contributed by atoms with Gasteiger partial charge in [-0.05, 0) is 19.3 Å². The van der Waals surface area contributed by atoms with Crippen molar-refractivity contribution in [3.63, 3.8) is 0 Å². The fourth-order valence-electron chi connectivity index (χ4n) is 2.03. The quantitative estimate of drug-likeness (QED) is 0.659. The van der Waals surface area contributed by atoms with Crippen molar-refractivity contribution in [3.8, 4) is 0 Å². The summed E-state index contributed by atoms with van der Waals surface area (Å²) in [6.45, 7) is 0. The Bertz CT molecular complexity index is 261. The summed E-state index contributed by atoms with van der Waals surface area (Å²) in [5.74, 6) is -0.288. The van der Waals surface area contributed by atoms with E-state index < -0.39 is 6.04 Å². The predicted molar refractivity (Wildman–Crippen MR) is 52.6 cm³/mol. The first kappa shape index (κ1) is 10.4. The maximum Gasteiger partial charge on any atom is 0.266 e. The number of hydroxylamine groups is 1. The van der Waals surface area contributed by atoms with Crippen LogP contribution in [-0.4, -0.2) is 24.0 Å². The van der Waals surface area contributed by atoms with Gasteiger partial charge in [-0.15, -0.1) is 0 Å². The van der Waals surface area contributed by atoms with E-state index in [-0.39, 0.29) is 17.9 Å². The molecule has 2 amide bonds. The molecule has 1 unspecified atom stereocenters. The molecule has 5 heteroatoms. The molecule has 1 atom stereocenters. The molecule has 2 N–H and O–H groups in total. The molecule has 0 aromatic heterocycles. The zero-order valence-corrected chi connectivity index (χ0v) is 8.62. The van der Waals surface area contributed by atoms with Crippen LogP contribution in [0.25, 0.3) is 0 Å². The van der Waals surface area contributed by atoms with Gasteiger partial charge in [0.05, 0.1) is 6.10 Å². The van der Waals surface area contributed by atoms with E-state index in [4.69, 9.17) is 4.84 Å². The summed E-state index contributed by atoms with van der Waals surface area (Å²) in [7, 11) is 0. The molecule has 0 spiro atoms. The van der Waals surface area contributed by atoms with E-state index in [1.165, 1.54) is 12.8 Å². The predicted octanol–water partition coefficient (Wildman–Crippen LogP) is 0.255. The third-order valence-corrected chi connectivity index (χ3v) is 2.94. The van der Waals surface area contributed by atoms with E-state index in [1.807, 2.05) is 0 Å². The van der Waals surface area contributed by atoms with Gasteiger partial charge in [0.1, 0.15) is 6.04 Å². The molecule has 1 aliphatic carbocycles. The summed E-state index contributed by atoms with van der Waals surface area (Å²) in [6.07, 6.45) is 5.52. The highest BCUT2D eigenvalue weighted by atomic mass is 16.7. The number of carbonyl (C=O) groups excluding carboxylic acids is 2. The second kappa shape index (κ2) is 4.61. The second-order valence-corrected chi connectivity index (χ2v) is 4.15. The molecule has 1 saturated carbocycles. The first-order chi connectivity index (χ1) is 7.25. The minimum atomic E-state index is -0.404. The van der Waals surface area contributed by atoms with Gasteiger partial charge in [0.2, 0.25) is 5.91 Å². The molecule has 1 aliphatic heterocycles. The van der Waals surface area contributed by atoms with E-state index in [9.17, 15) is 9.59 Å². The van der Waals surface area contributed by atoms with Gasteiger partial charge in [0, 0.05) is 6.42 Å². The molecule has 0 radical (unpaired) electrons. The van der Waals surface area contributed by atoms with Gasteiger partial charge >= 0.3 is 0 Å². The number of hydrogen-bond acceptors (Lipinski definition) is 3. The summed E-state index contributed by atoms with van der Waals surface area (Å²) in [4.78, 5) is 27.6. The molecule has 2 fully saturated rings. The molecule has 1 heterocycles. The first-order valence-corrected chi connectivity index (χ1v) is 5.50. The minimum absolute atomic E-state index is 0.0592. The highest BCUT2D eigenvalue weighted by molar-refractivity contribution is 5.90. The van der Waals surface area contributed by atoms with E-state index >= 15 is 0 Å². The molecule has 84 valence electrons. The third kappa shape index (κ3) is 2.68. The highest BCUT2D eigenvalue weighted by Crippen LogP contribution is 2.20. The SMILES string of the molecule is O=C1CCC(C(=O)NOC2CCCC2)N1. The Balaban J connectivity index is 1.70. The number of hydrogen-bond donors (Lipinski definition) is 2. The molecule has 0 bridgehead atoms. The Labute approximate surface area is 88.5 Å². The Kier molecular flexibility index (Phi) is 3.20. The van der Waals surface area contributed by atoms with Crippen LogP contribution in [0.15, 0.2) is 0 Å².